The van der Waals surface area contributed by atoms with Gasteiger partial charge in [-0.1, -0.05) is 38.1 Å². The molecule has 0 bridgehead atoms. The zero-order valence-corrected chi connectivity index (χ0v) is 16.6. The van der Waals surface area contributed by atoms with Crippen molar-refractivity contribution < 1.29 is 9.53 Å². The number of ether oxygens (including phenoxy) is 1. The number of fused-ring (bicyclic) bond motifs is 1. The Hall–Kier alpha value is -2.24. The fourth-order valence-electron chi connectivity index (χ4n) is 2.54. The van der Waals surface area contributed by atoms with Crippen LogP contribution in [0.15, 0.2) is 59.6 Å². The summed E-state index contributed by atoms with van der Waals surface area (Å²) >= 11 is 1.09. The maximum atomic E-state index is 12.2. The summed E-state index contributed by atoms with van der Waals surface area (Å²) in [6.07, 6.45) is 2.89. The molecule has 0 atom stereocenters. The maximum Gasteiger partial charge on any atom is 0.377 e. The molecule has 0 aliphatic rings. The molecule has 26 heavy (non-hydrogen) atoms. The van der Waals surface area contributed by atoms with Gasteiger partial charge in [0.2, 0.25) is 0 Å². The Morgan fingerprint density at radius 2 is 1.81 bits per heavy atom. The minimum Gasteiger partial charge on any atom is -0.417 e. The van der Waals surface area contributed by atoms with E-state index in [9.17, 15) is 4.79 Å². The van der Waals surface area contributed by atoms with Crippen LogP contribution in [0.25, 0.3) is 10.9 Å². The SMILES string of the molecule is CC.CN(C)CCc1c[nH]c2cccc(OC(=O)Sc3ccccc3)c12. The number of aromatic amines is 1. The van der Waals surface area contributed by atoms with Crippen molar-refractivity contribution in [2.75, 3.05) is 20.6 Å². The molecule has 3 aromatic rings. The van der Waals surface area contributed by atoms with Gasteiger partial charge in [0.15, 0.2) is 0 Å². The Morgan fingerprint density at radius 1 is 1.08 bits per heavy atom. The second-order valence-electron chi connectivity index (χ2n) is 5.81. The van der Waals surface area contributed by atoms with E-state index in [0.717, 1.165) is 46.1 Å². The molecule has 4 nitrogen and oxygen atoms in total. The number of H-pyrrole nitrogens is 1. The quantitative estimate of drug-likeness (QED) is 0.470. The molecule has 5 heteroatoms. The molecular weight excluding hydrogens is 344 g/mol. The molecule has 1 aromatic heterocycles. The minimum absolute atomic E-state index is 0.326. The van der Waals surface area contributed by atoms with Crippen LogP contribution in [0.2, 0.25) is 0 Å². The topological polar surface area (TPSA) is 45.3 Å². The molecule has 0 amide bonds. The Kier molecular flexibility index (Phi) is 7.75. The van der Waals surface area contributed by atoms with Crippen molar-refractivity contribution in [1.29, 1.82) is 0 Å². The highest BCUT2D eigenvalue weighted by atomic mass is 32.2. The monoisotopic (exact) mass is 370 g/mol. The number of nitrogens with one attached hydrogen (secondary N) is 1. The van der Waals surface area contributed by atoms with Crippen molar-refractivity contribution in [3.05, 3.63) is 60.3 Å². The summed E-state index contributed by atoms with van der Waals surface area (Å²) in [5.41, 5.74) is 2.14. The molecule has 0 spiro atoms. The molecule has 3 rings (SSSR count). The highest BCUT2D eigenvalue weighted by Crippen LogP contribution is 2.31. The number of carbonyl (C=O) groups is 1. The molecule has 138 valence electrons. The highest BCUT2D eigenvalue weighted by Gasteiger charge is 2.14. The van der Waals surface area contributed by atoms with Gasteiger partial charge in [-0.3, -0.25) is 0 Å². The summed E-state index contributed by atoms with van der Waals surface area (Å²) in [6, 6.07) is 15.3. The van der Waals surface area contributed by atoms with E-state index >= 15 is 0 Å². The third kappa shape index (κ3) is 5.38. The van der Waals surface area contributed by atoms with Crippen LogP contribution >= 0.6 is 11.8 Å². The number of benzene rings is 2. The number of carbonyl (C=O) groups excluding carboxylic acids is 1. The van der Waals surface area contributed by atoms with E-state index in [0.29, 0.717) is 5.75 Å². The van der Waals surface area contributed by atoms with Gasteiger partial charge in [0.05, 0.1) is 0 Å². The van der Waals surface area contributed by atoms with Crippen LogP contribution in [0.4, 0.5) is 4.79 Å². The van der Waals surface area contributed by atoms with Crippen LogP contribution < -0.4 is 4.74 Å². The Bertz CT molecular complexity index is 828. The van der Waals surface area contributed by atoms with Gasteiger partial charge in [-0.2, -0.15) is 0 Å². The first-order valence-corrected chi connectivity index (χ1v) is 9.63. The van der Waals surface area contributed by atoms with E-state index in [1.165, 1.54) is 0 Å². The predicted octanol–water partition coefficient (Wildman–Crippen LogP) is 5.59. The van der Waals surface area contributed by atoms with E-state index in [-0.39, 0.29) is 5.30 Å². The summed E-state index contributed by atoms with van der Waals surface area (Å²) in [7, 11) is 4.10. The largest absolute Gasteiger partial charge is 0.417 e. The molecule has 0 fully saturated rings. The normalized spacial score (nSPS) is 10.5. The summed E-state index contributed by atoms with van der Waals surface area (Å²) in [5, 5.41) is 0.662. The molecule has 0 unspecified atom stereocenters. The van der Waals surface area contributed by atoms with Crippen LogP contribution in [0.5, 0.6) is 5.75 Å². The molecule has 1 heterocycles. The van der Waals surface area contributed by atoms with Gasteiger partial charge in [0, 0.05) is 28.5 Å². The third-order valence-electron chi connectivity index (χ3n) is 3.72. The number of hydrogen-bond donors (Lipinski definition) is 1. The first kappa shape index (κ1) is 20.1. The number of rotatable bonds is 5. The molecule has 0 saturated heterocycles. The summed E-state index contributed by atoms with van der Waals surface area (Å²) in [6.45, 7) is 4.94. The van der Waals surface area contributed by atoms with Crippen molar-refractivity contribution in [3.8, 4) is 5.75 Å². The van der Waals surface area contributed by atoms with Gasteiger partial charge < -0.3 is 14.6 Å². The molecule has 0 radical (unpaired) electrons. The average Bonchev–Trinajstić information content (AvgIpc) is 3.07. The lowest BCUT2D eigenvalue weighted by atomic mass is 10.1. The van der Waals surface area contributed by atoms with Crippen molar-refractivity contribution in [2.24, 2.45) is 0 Å². The van der Waals surface area contributed by atoms with E-state index in [4.69, 9.17) is 4.74 Å². The fraction of sp³-hybridized carbons (Fsp3) is 0.286. The molecule has 0 saturated carbocycles. The molecular formula is C21H26N2O2S. The summed E-state index contributed by atoms with van der Waals surface area (Å²) in [4.78, 5) is 18.5. The Balaban J connectivity index is 0.00000117. The summed E-state index contributed by atoms with van der Waals surface area (Å²) < 4.78 is 5.63. The van der Waals surface area contributed by atoms with Gasteiger partial charge >= 0.3 is 5.30 Å². The maximum absolute atomic E-state index is 12.2. The summed E-state index contributed by atoms with van der Waals surface area (Å²) in [5.74, 6) is 0.607. The second-order valence-corrected chi connectivity index (χ2v) is 6.82. The molecule has 1 N–H and O–H groups in total. The van der Waals surface area contributed by atoms with Crippen LogP contribution in [0.3, 0.4) is 0 Å². The van der Waals surface area contributed by atoms with Crippen LogP contribution in [0.1, 0.15) is 19.4 Å². The average molecular weight is 371 g/mol. The van der Waals surface area contributed by atoms with E-state index < -0.39 is 0 Å². The fourth-order valence-corrected chi connectivity index (χ4v) is 3.16. The van der Waals surface area contributed by atoms with Crippen molar-refractivity contribution in [1.82, 2.24) is 9.88 Å². The number of thioether (sulfide) groups is 1. The highest BCUT2D eigenvalue weighted by molar-refractivity contribution is 8.13. The van der Waals surface area contributed by atoms with Crippen LogP contribution in [-0.4, -0.2) is 35.8 Å². The smallest absolute Gasteiger partial charge is 0.377 e. The molecule has 0 aliphatic heterocycles. The molecule has 0 aliphatic carbocycles. The lowest BCUT2D eigenvalue weighted by Crippen LogP contribution is -2.15. The standard InChI is InChI=1S/C19H20N2O2S.C2H6/c1-21(2)12-11-14-13-20-16-9-6-10-17(18(14)16)23-19(22)24-15-7-4-3-5-8-15;1-2/h3-10,13,20H,11-12H2,1-2H3;1-2H3. The first-order valence-electron chi connectivity index (χ1n) is 8.82. The van der Waals surface area contributed by atoms with Gasteiger partial charge in [-0.05, 0) is 62.1 Å². The van der Waals surface area contributed by atoms with Gasteiger partial charge in [-0.25, -0.2) is 4.79 Å². The zero-order valence-electron chi connectivity index (χ0n) is 15.8. The van der Waals surface area contributed by atoms with Gasteiger partial charge in [0.1, 0.15) is 5.75 Å². The van der Waals surface area contributed by atoms with Crippen molar-refractivity contribution >= 4 is 28.0 Å². The Morgan fingerprint density at radius 3 is 2.50 bits per heavy atom. The lowest BCUT2D eigenvalue weighted by molar-refractivity contribution is 0.227. The Labute approximate surface area is 159 Å². The minimum atomic E-state index is -0.326. The van der Waals surface area contributed by atoms with Crippen LogP contribution in [-0.2, 0) is 6.42 Å². The van der Waals surface area contributed by atoms with Crippen LogP contribution in [0, 0.1) is 0 Å². The van der Waals surface area contributed by atoms with E-state index in [2.05, 4.69) is 9.88 Å². The van der Waals surface area contributed by atoms with Crippen molar-refractivity contribution in [2.45, 2.75) is 25.2 Å². The lowest BCUT2D eigenvalue weighted by Gasteiger charge is -2.10. The molecule has 2 aromatic carbocycles. The second kappa shape index (κ2) is 10.0. The first-order chi connectivity index (χ1) is 12.6. The number of aromatic nitrogens is 1. The van der Waals surface area contributed by atoms with E-state index in [1.54, 1.807) is 0 Å². The van der Waals surface area contributed by atoms with E-state index in [1.807, 2.05) is 82.7 Å². The number of hydrogen-bond acceptors (Lipinski definition) is 4. The number of nitrogens with zero attached hydrogens (tertiary/aromatic N) is 1. The van der Waals surface area contributed by atoms with Gasteiger partial charge in [0.25, 0.3) is 0 Å². The predicted molar refractivity (Wildman–Crippen MR) is 110 cm³/mol. The third-order valence-corrected chi connectivity index (χ3v) is 4.47. The van der Waals surface area contributed by atoms with Gasteiger partial charge in [-0.15, -0.1) is 0 Å². The zero-order chi connectivity index (χ0) is 18.9. The number of likely N-dealkylation sites (N-methyl/N-ethyl adjacent to an activating group) is 1. The van der Waals surface area contributed by atoms with Crippen molar-refractivity contribution in [3.63, 3.8) is 0 Å².